The van der Waals surface area contributed by atoms with Crippen molar-refractivity contribution in [3.05, 3.63) is 27.8 Å². The molecule has 0 aliphatic heterocycles. The Morgan fingerprint density at radius 3 is 2.65 bits per heavy atom. The summed E-state index contributed by atoms with van der Waals surface area (Å²) < 4.78 is 16.0. The number of nitro benzene ring substituents is 1. The first-order valence-corrected chi connectivity index (χ1v) is 12.2. The summed E-state index contributed by atoms with van der Waals surface area (Å²) in [6.07, 6.45) is 1.78. The van der Waals surface area contributed by atoms with Crippen LogP contribution in [0.5, 0.6) is 11.5 Å². The molecule has 1 aromatic rings. The van der Waals surface area contributed by atoms with E-state index in [1.807, 2.05) is 0 Å². The van der Waals surface area contributed by atoms with Gasteiger partial charge in [-0.2, -0.15) is 12.6 Å². The van der Waals surface area contributed by atoms with Gasteiger partial charge in [-0.05, 0) is 5.75 Å². The van der Waals surface area contributed by atoms with E-state index >= 15 is 0 Å². The molecular formula is C14H18NO6RfS. The zero-order valence-electron chi connectivity index (χ0n) is 12.9. The molecule has 0 N–H and O–H groups in total. The van der Waals surface area contributed by atoms with E-state index in [4.69, 9.17) is 14.2 Å². The van der Waals surface area contributed by atoms with Gasteiger partial charge in [-0.15, -0.1) is 0 Å². The summed E-state index contributed by atoms with van der Waals surface area (Å²) in [5.74, 6) is 1.05. The van der Waals surface area contributed by atoms with Crippen LogP contribution in [0.15, 0.2) is 12.1 Å². The Balaban J connectivity index is 2.87. The Morgan fingerprint density at radius 1 is 1.35 bits per heavy atom. The number of carbonyl (C=O) groups excluding carboxylic acids is 1. The van der Waals surface area contributed by atoms with Gasteiger partial charge in [-0.1, -0.05) is 0 Å². The first-order chi connectivity index (χ1) is 11.0. The number of methoxy groups -OCH3 is 1. The van der Waals surface area contributed by atoms with E-state index in [-0.39, 0.29) is 30.2 Å². The third-order valence-corrected chi connectivity index (χ3v) is 4.24. The van der Waals surface area contributed by atoms with Gasteiger partial charge in [0.15, 0.2) is 0 Å². The number of nitrogens with zero attached hydrogens (tertiary/aromatic N) is 1. The summed E-state index contributed by atoms with van der Waals surface area (Å²) in [6, 6.07) is 2.80. The van der Waals surface area contributed by atoms with Crippen LogP contribution in [0.1, 0.15) is 24.8 Å². The summed E-state index contributed by atoms with van der Waals surface area (Å²) >= 11 is 4.07. The zero-order valence-corrected chi connectivity index (χ0v) is 20.2. The Morgan fingerprint density at radius 2 is 2.09 bits per heavy atom. The van der Waals surface area contributed by atoms with E-state index in [1.54, 1.807) is 0 Å². The van der Waals surface area contributed by atoms with Crippen LogP contribution in [0.2, 0.25) is 0 Å². The molecule has 0 unspecified atom stereocenters. The van der Waals surface area contributed by atoms with E-state index < -0.39 is 4.92 Å². The number of benzene rings is 1. The molecule has 0 atom stereocenters. The second-order valence-corrected chi connectivity index (χ2v) is 6.87. The van der Waals surface area contributed by atoms with Gasteiger partial charge in [0, 0.05) is 0 Å². The first-order valence-electron chi connectivity index (χ1n) is 7.07. The molecule has 9 heteroatoms. The van der Waals surface area contributed by atoms with Crippen molar-refractivity contribution in [1.29, 1.82) is 0 Å². The van der Waals surface area contributed by atoms with Gasteiger partial charge in [-0.25, -0.2) is 0 Å². The maximum absolute atomic E-state index is 11.6. The van der Waals surface area contributed by atoms with Crippen molar-refractivity contribution >= 4 is 24.3 Å². The van der Waals surface area contributed by atoms with Gasteiger partial charge in [-0.3, -0.25) is 0 Å². The van der Waals surface area contributed by atoms with E-state index in [1.165, 1.54) is 19.2 Å². The fourth-order valence-electron chi connectivity index (χ4n) is 1.87. The Bertz CT molecular complexity index is 554. The van der Waals surface area contributed by atoms with Crippen molar-refractivity contribution in [2.45, 2.75) is 25.9 Å². The van der Waals surface area contributed by atoms with Crippen molar-refractivity contribution in [1.82, 2.24) is 0 Å². The van der Waals surface area contributed by atoms with Crippen molar-refractivity contribution in [3.8, 4) is 11.5 Å². The molecule has 1 rings (SSSR count). The molecule has 123 valence electrons. The third kappa shape index (κ3) is 5.39. The molecule has 0 aliphatic rings. The normalized spacial score (nSPS) is 10.3. The van der Waals surface area contributed by atoms with Crippen LogP contribution in [0.25, 0.3) is 0 Å². The summed E-state index contributed by atoms with van der Waals surface area (Å²) in [5, 5.41) is 11.2. The first kappa shape index (κ1) is 18.1. The van der Waals surface area contributed by atoms with Crippen molar-refractivity contribution in [2.24, 2.45) is 0 Å². The summed E-state index contributed by atoms with van der Waals surface area (Å²) in [7, 11) is 2.02. The van der Waals surface area contributed by atoms with E-state index in [0.717, 1.165) is 6.42 Å². The van der Waals surface area contributed by atoms with Gasteiger partial charge in [0.05, 0.1) is 0 Å². The monoisotopic (exact) mass is 595 g/mol. The minimum absolute atomic E-state index is 0.146. The minimum atomic E-state index is -0.519. The van der Waals surface area contributed by atoms with Gasteiger partial charge in [0.25, 0.3) is 0 Å². The van der Waals surface area contributed by atoms with E-state index in [0.29, 0.717) is 30.8 Å². The number of hydrogen-bond acceptors (Lipinski definition) is 7. The number of unbranched alkanes of at least 4 members (excludes halogenated alkanes) is 1. The number of thiol groups is 1. The van der Waals surface area contributed by atoms with Crippen molar-refractivity contribution < 1.29 is 23.9 Å². The summed E-state index contributed by atoms with van der Waals surface area (Å²) in [5.41, 5.74) is 0.133. The SMILES string of the molecule is COc1cc(COC(=O)CCCCS)c([N+](=O)[O-])cc1O[CH2][Rf]. The second-order valence-electron chi connectivity index (χ2n) is 4.58. The van der Waals surface area contributed by atoms with Gasteiger partial charge in [0.1, 0.15) is 0 Å². The molecule has 0 spiro atoms. The molecule has 23 heavy (non-hydrogen) atoms. The van der Waals surface area contributed by atoms with Crippen LogP contribution < -0.4 is 9.47 Å². The molecule has 0 heterocycles. The molecule has 0 amide bonds. The van der Waals surface area contributed by atoms with Crippen molar-refractivity contribution in [2.75, 3.05) is 20.0 Å². The zero-order chi connectivity index (χ0) is 17.2. The molecule has 7 nitrogen and oxygen atoms in total. The standard InChI is InChI=1S/C14H18NO6S.Rf/c1-19-12-7-10(9-21-14(16)5-3-4-6-22)11(15(17)18)8-13(12)20-2;/h7-8,22H,2-6,9H2,1H3;. The molecule has 1 aromatic carbocycles. The Kier molecular flexibility index (Phi) is 7.19. The van der Waals surface area contributed by atoms with Crippen molar-refractivity contribution in [3.63, 3.8) is 0 Å². The fraction of sp³-hybridized carbons (Fsp3) is 0.500. The van der Waals surface area contributed by atoms with Crippen LogP contribution in [-0.2, 0) is 16.1 Å². The van der Waals surface area contributed by atoms with Gasteiger partial charge >= 0.3 is 115 Å². The maximum atomic E-state index is 11.6. The van der Waals surface area contributed by atoms with E-state index in [9.17, 15) is 14.9 Å². The van der Waals surface area contributed by atoms with Crippen LogP contribution in [0.4, 0.5) is 5.69 Å². The van der Waals surface area contributed by atoms with Crippen LogP contribution in [-0.4, -0.2) is 30.9 Å². The average Bonchev–Trinajstić information content (AvgIpc) is 2.53. The molecule has 0 aliphatic carbocycles. The molecule has 0 fully saturated rings. The molecule has 0 radical (unpaired) electrons. The van der Waals surface area contributed by atoms with Crippen LogP contribution >= 0.6 is 12.6 Å². The number of rotatable bonds is 10. The number of ether oxygens (including phenoxy) is 3. The summed E-state index contributed by atoms with van der Waals surface area (Å²) in [6.45, 7) is -0.169. The van der Waals surface area contributed by atoms with Crippen LogP contribution in [0.3, 0.4) is 0 Å². The average molecular weight is 595 g/mol. The predicted molar refractivity (Wildman–Crippen MR) is 82.6 cm³/mol. The molecule has 0 bridgehead atoms. The number of hydrogen-bond donors (Lipinski definition) is 1. The predicted octanol–water partition coefficient (Wildman–Crippen LogP) is 2.63. The quantitative estimate of drug-likeness (QED) is 0.147. The van der Waals surface area contributed by atoms with Crippen LogP contribution in [0, 0.1) is 10.1 Å². The Hall–Kier alpha value is -2.96. The number of nitro groups is 1. The van der Waals surface area contributed by atoms with Gasteiger partial charge in [0.2, 0.25) is 0 Å². The Labute approximate surface area is 134 Å². The topological polar surface area (TPSA) is 87.9 Å². The van der Waals surface area contributed by atoms with Gasteiger partial charge < -0.3 is 0 Å². The third-order valence-electron chi connectivity index (χ3n) is 3.00. The fourth-order valence-corrected chi connectivity index (χ4v) is 3.09. The molecule has 0 aromatic heterocycles. The molecular weight excluding hydrogens is 577 g/mol. The second kappa shape index (κ2) is 9.14. The molecule has 0 saturated heterocycles. The molecule has 0 saturated carbocycles. The number of esters is 1. The summed E-state index contributed by atoms with van der Waals surface area (Å²) in [4.78, 5) is 22.3. The van der Waals surface area contributed by atoms with E-state index in [2.05, 4.69) is 12.6 Å². The number of carbonyl (C=O) groups is 1.